The van der Waals surface area contributed by atoms with Crippen LogP contribution in [-0.4, -0.2) is 15.2 Å². The van der Waals surface area contributed by atoms with Gasteiger partial charge in [-0.1, -0.05) is 30.6 Å². The molecule has 2 aromatic rings. The van der Waals surface area contributed by atoms with E-state index >= 15 is 0 Å². The number of aromatic hydroxyl groups is 1. The molecule has 0 fully saturated rings. The molecule has 5 nitrogen and oxygen atoms in total. The predicted molar refractivity (Wildman–Crippen MR) is 71.6 cm³/mol. The molecule has 1 heterocycles. The molecule has 0 bridgehead atoms. The number of rotatable bonds is 6. The molecular formula is C14H19N3O2. The lowest BCUT2D eigenvalue weighted by Gasteiger charge is -2.06. The van der Waals surface area contributed by atoms with E-state index in [0.717, 1.165) is 30.7 Å². The van der Waals surface area contributed by atoms with Gasteiger partial charge >= 0.3 is 0 Å². The number of nitrogens with zero attached hydrogens (tertiary/aromatic N) is 2. The van der Waals surface area contributed by atoms with Crippen LogP contribution in [0.4, 0.5) is 0 Å². The molecule has 0 aliphatic rings. The monoisotopic (exact) mass is 261 g/mol. The molecule has 102 valence electrons. The van der Waals surface area contributed by atoms with Crippen LogP contribution < -0.4 is 5.73 Å². The van der Waals surface area contributed by atoms with Crippen molar-refractivity contribution >= 4 is 0 Å². The standard InChI is InChI=1S/C14H19N3O2/c1-2-3-4-13-16-14(19-17-13)12(15)9-10-5-7-11(18)8-6-10/h5-8,12,18H,2-4,9,15H2,1H3/t12-/m1/s1. The minimum Gasteiger partial charge on any atom is -0.508 e. The average molecular weight is 261 g/mol. The fourth-order valence-corrected chi connectivity index (χ4v) is 1.83. The van der Waals surface area contributed by atoms with E-state index in [9.17, 15) is 5.11 Å². The second kappa shape index (κ2) is 6.33. The van der Waals surface area contributed by atoms with Gasteiger partial charge in [0.2, 0.25) is 5.89 Å². The van der Waals surface area contributed by atoms with Crippen molar-refractivity contribution in [3.05, 3.63) is 41.5 Å². The van der Waals surface area contributed by atoms with Crippen LogP contribution in [0.5, 0.6) is 5.75 Å². The van der Waals surface area contributed by atoms with Crippen molar-refractivity contribution in [3.8, 4) is 5.75 Å². The highest BCUT2D eigenvalue weighted by Gasteiger charge is 2.15. The Labute approximate surface area is 112 Å². The third kappa shape index (κ3) is 3.79. The van der Waals surface area contributed by atoms with Gasteiger partial charge in [0.05, 0.1) is 6.04 Å². The first kappa shape index (κ1) is 13.5. The average Bonchev–Trinajstić information content (AvgIpc) is 2.88. The Kier molecular flexibility index (Phi) is 4.52. The van der Waals surface area contributed by atoms with Gasteiger partial charge in [0.25, 0.3) is 0 Å². The smallest absolute Gasteiger partial charge is 0.243 e. The minimum absolute atomic E-state index is 0.247. The van der Waals surface area contributed by atoms with Gasteiger partial charge in [-0.3, -0.25) is 0 Å². The summed E-state index contributed by atoms with van der Waals surface area (Å²) < 4.78 is 5.18. The molecule has 1 aromatic carbocycles. The normalized spacial score (nSPS) is 12.5. The van der Waals surface area contributed by atoms with Crippen LogP contribution in [0, 0.1) is 0 Å². The molecule has 2 rings (SSSR count). The van der Waals surface area contributed by atoms with Gasteiger partial charge in [-0.2, -0.15) is 4.98 Å². The maximum atomic E-state index is 9.22. The molecule has 3 N–H and O–H groups in total. The van der Waals surface area contributed by atoms with E-state index in [2.05, 4.69) is 17.1 Å². The van der Waals surface area contributed by atoms with Crippen molar-refractivity contribution in [1.29, 1.82) is 0 Å². The zero-order chi connectivity index (χ0) is 13.7. The third-order valence-corrected chi connectivity index (χ3v) is 2.95. The van der Waals surface area contributed by atoms with E-state index in [1.54, 1.807) is 12.1 Å². The zero-order valence-corrected chi connectivity index (χ0v) is 11.0. The van der Waals surface area contributed by atoms with Gasteiger partial charge in [0, 0.05) is 6.42 Å². The van der Waals surface area contributed by atoms with Crippen molar-refractivity contribution in [2.24, 2.45) is 5.73 Å². The van der Waals surface area contributed by atoms with Gasteiger partial charge in [-0.05, 0) is 30.5 Å². The summed E-state index contributed by atoms with van der Waals surface area (Å²) in [6, 6.07) is 6.64. The Hall–Kier alpha value is -1.88. The Morgan fingerprint density at radius 2 is 2.05 bits per heavy atom. The van der Waals surface area contributed by atoms with E-state index in [1.165, 1.54) is 0 Å². The number of phenolic OH excluding ortho intramolecular Hbond substituents is 1. The Balaban J connectivity index is 1.97. The maximum absolute atomic E-state index is 9.22. The first-order valence-corrected chi connectivity index (χ1v) is 6.55. The number of nitrogens with two attached hydrogens (primary N) is 1. The number of hydrogen-bond acceptors (Lipinski definition) is 5. The first-order valence-electron chi connectivity index (χ1n) is 6.55. The lowest BCUT2D eigenvalue weighted by atomic mass is 10.1. The number of unbranched alkanes of at least 4 members (excludes halogenated alkanes) is 1. The molecule has 0 unspecified atom stereocenters. The molecule has 0 amide bonds. The van der Waals surface area contributed by atoms with Crippen molar-refractivity contribution in [1.82, 2.24) is 10.1 Å². The number of benzene rings is 1. The molecule has 1 aromatic heterocycles. The number of aromatic nitrogens is 2. The number of aryl methyl sites for hydroxylation is 1. The summed E-state index contributed by atoms with van der Waals surface area (Å²) in [5.74, 6) is 1.44. The summed E-state index contributed by atoms with van der Waals surface area (Å²) in [6.07, 6.45) is 3.58. The quantitative estimate of drug-likeness (QED) is 0.833. The van der Waals surface area contributed by atoms with Gasteiger partial charge in [-0.15, -0.1) is 0 Å². The zero-order valence-electron chi connectivity index (χ0n) is 11.0. The highest BCUT2D eigenvalue weighted by molar-refractivity contribution is 5.26. The molecule has 0 aliphatic heterocycles. The molecule has 0 aliphatic carbocycles. The molecule has 19 heavy (non-hydrogen) atoms. The van der Waals surface area contributed by atoms with E-state index in [1.807, 2.05) is 12.1 Å². The Bertz CT molecular complexity index is 508. The summed E-state index contributed by atoms with van der Waals surface area (Å²) in [5, 5.41) is 13.1. The molecule has 0 saturated heterocycles. The SMILES string of the molecule is CCCCc1noc([C@H](N)Cc2ccc(O)cc2)n1. The molecule has 0 saturated carbocycles. The van der Waals surface area contributed by atoms with Crippen LogP contribution in [0.3, 0.4) is 0 Å². The van der Waals surface area contributed by atoms with Crippen LogP contribution in [0.1, 0.15) is 43.1 Å². The largest absolute Gasteiger partial charge is 0.508 e. The Morgan fingerprint density at radius 1 is 1.32 bits per heavy atom. The van der Waals surface area contributed by atoms with Gasteiger partial charge in [-0.25, -0.2) is 0 Å². The number of hydrogen-bond donors (Lipinski definition) is 2. The van der Waals surface area contributed by atoms with Crippen LogP contribution in [0.25, 0.3) is 0 Å². The molecule has 5 heteroatoms. The second-order valence-electron chi connectivity index (χ2n) is 4.63. The molecular weight excluding hydrogens is 242 g/mol. The molecule has 0 spiro atoms. The fraction of sp³-hybridized carbons (Fsp3) is 0.429. The highest BCUT2D eigenvalue weighted by atomic mass is 16.5. The van der Waals surface area contributed by atoms with Crippen LogP contribution in [0.15, 0.2) is 28.8 Å². The Morgan fingerprint density at radius 3 is 2.74 bits per heavy atom. The van der Waals surface area contributed by atoms with Crippen LogP contribution in [0.2, 0.25) is 0 Å². The van der Waals surface area contributed by atoms with Crippen LogP contribution in [-0.2, 0) is 12.8 Å². The lowest BCUT2D eigenvalue weighted by molar-refractivity contribution is 0.350. The molecule has 0 radical (unpaired) electrons. The third-order valence-electron chi connectivity index (χ3n) is 2.95. The van der Waals surface area contributed by atoms with E-state index < -0.39 is 0 Å². The predicted octanol–water partition coefficient (Wildman–Crippen LogP) is 2.36. The van der Waals surface area contributed by atoms with Crippen molar-refractivity contribution < 1.29 is 9.63 Å². The highest BCUT2D eigenvalue weighted by Crippen LogP contribution is 2.17. The summed E-state index contributed by atoms with van der Waals surface area (Å²) in [5.41, 5.74) is 7.07. The maximum Gasteiger partial charge on any atom is 0.243 e. The lowest BCUT2D eigenvalue weighted by Crippen LogP contribution is -2.13. The van der Waals surface area contributed by atoms with Gasteiger partial charge in [0.15, 0.2) is 5.82 Å². The van der Waals surface area contributed by atoms with Gasteiger partial charge in [0.1, 0.15) is 5.75 Å². The van der Waals surface area contributed by atoms with Crippen molar-refractivity contribution in [2.45, 2.75) is 38.6 Å². The van der Waals surface area contributed by atoms with Crippen molar-refractivity contribution in [3.63, 3.8) is 0 Å². The summed E-state index contributed by atoms with van der Waals surface area (Å²) >= 11 is 0. The van der Waals surface area contributed by atoms with Crippen molar-refractivity contribution in [2.75, 3.05) is 0 Å². The van der Waals surface area contributed by atoms with E-state index in [0.29, 0.717) is 12.3 Å². The first-order chi connectivity index (χ1) is 9.19. The number of phenols is 1. The summed E-state index contributed by atoms with van der Waals surface area (Å²) in [4.78, 5) is 4.31. The van der Waals surface area contributed by atoms with Crippen LogP contribution >= 0.6 is 0 Å². The second-order valence-corrected chi connectivity index (χ2v) is 4.63. The fourth-order valence-electron chi connectivity index (χ4n) is 1.83. The summed E-state index contributed by atoms with van der Waals surface area (Å²) in [7, 11) is 0. The minimum atomic E-state index is -0.313. The topological polar surface area (TPSA) is 85.2 Å². The molecule has 1 atom stereocenters. The van der Waals surface area contributed by atoms with E-state index in [4.69, 9.17) is 10.3 Å². The summed E-state index contributed by atoms with van der Waals surface area (Å²) in [6.45, 7) is 2.12. The van der Waals surface area contributed by atoms with E-state index in [-0.39, 0.29) is 11.8 Å². The van der Waals surface area contributed by atoms with Gasteiger partial charge < -0.3 is 15.4 Å².